The lowest BCUT2D eigenvalue weighted by Gasteiger charge is -2.36. The number of nitrogens with two attached hydrogens (primary N) is 1. The molecule has 1 aliphatic heterocycles. The topological polar surface area (TPSA) is 136 Å². The highest BCUT2D eigenvalue weighted by atomic mass is 32.2. The summed E-state index contributed by atoms with van der Waals surface area (Å²) in [6, 6.07) is 5.53. The Morgan fingerprint density at radius 2 is 1.73 bits per heavy atom. The number of amides is 3. The smallest absolute Gasteiger partial charge is 0.411 e. The molecule has 0 unspecified atom stereocenters. The minimum Gasteiger partial charge on any atom is -0.444 e. The van der Waals surface area contributed by atoms with Gasteiger partial charge < -0.3 is 15.8 Å². The molecule has 2 aliphatic rings. The van der Waals surface area contributed by atoms with Crippen molar-refractivity contribution < 1.29 is 36.3 Å². The number of nitrogens with one attached hydrogen (secondary N) is 1. The number of carbonyl (C=O) groups is 3. The first kappa shape index (κ1) is 29.4. The number of likely N-dealkylation sites (tertiary alicyclic amines) is 1. The van der Waals surface area contributed by atoms with Crippen LogP contribution in [0.4, 0.5) is 13.6 Å². The van der Waals surface area contributed by atoms with Crippen molar-refractivity contribution in [3.8, 4) is 11.1 Å². The predicted molar refractivity (Wildman–Crippen MR) is 143 cm³/mol. The highest BCUT2D eigenvalue weighted by molar-refractivity contribution is 7.90. The lowest BCUT2D eigenvalue weighted by atomic mass is 9.96. The summed E-state index contributed by atoms with van der Waals surface area (Å²) >= 11 is 0. The number of ether oxygens (including phenoxy) is 1. The molecule has 2 bridgehead atoms. The van der Waals surface area contributed by atoms with E-state index in [0.29, 0.717) is 6.42 Å². The third-order valence-corrected chi connectivity index (χ3v) is 8.43. The minimum atomic E-state index is -3.46. The normalized spacial score (nSPS) is 21.2. The first-order chi connectivity index (χ1) is 18.6. The van der Waals surface area contributed by atoms with Crippen LogP contribution in [0.5, 0.6) is 0 Å². The fourth-order valence-corrected chi connectivity index (χ4v) is 6.08. The van der Waals surface area contributed by atoms with Crippen LogP contribution in [0.2, 0.25) is 0 Å². The second-order valence-electron chi connectivity index (χ2n) is 11.4. The van der Waals surface area contributed by atoms with Crippen LogP contribution in [-0.2, 0) is 30.6 Å². The van der Waals surface area contributed by atoms with Gasteiger partial charge in [-0.15, -0.1) is 0 Å². The van der Waals surface area contributed by atoms with Gasteiger partial charge in [0, 0.05) is 24.3 Å². The SMILES string of the molecule is CC(C)(C)OC(=O)N1[C@@H]2CC[C@@H](C2)[C@H]1C(=O)N[C@@H](Cc1ccc(-c2ccc(S(C)(=O)=O)cc2)c(F)c1F)C(N)=O. The van der Waals surface area contributed by atoms with Crippen molar-refractivity contribution >= 4 is 27.7 Å². The maximum atomic E-state index is 15.1. The van der Waals surface area contributed by atoms with Crippen LogP contribution in [0.15, 0.2) is 41.3 Å². The Morgan fingerprint density at radius 3 is 2.30 bits per heavy atom. The third kappa shape index (κ3) is 6.11. The van der Waals surface area contributed by atoms with Gasteiger partial charge >= 0.3 is 6.09 Å². The van der Waals surface area contributed by atoms with Gasteiger partial charge in [-0.2, -0.15) is 0 Å². The number of hydrogen-bond acceptors (Lipinski definition) is 6. The zero-order valence-electron chi connectivity index (χ0n) is 22.7. The second kappa shape index (κ2) is 10.8. The quantitative estimate of drug-likeness (QED) is 0.518. The van der Waals surface area contributed by atoms with Crippen molar-refractivity contribution in [1.82, 2.24) is 10.2 Å². The maximum Gasteiger partial charge on any atom is 0.411 e. The van der Waals surface area contributed by atoms with E-state index in [0.717, 1.165) is 19.1 Å². The molecule has 1 heterocycles. The van der Waals surface area contributed by atoms with E-state index < -0.39 is 63.5 Å². The van der Waals surface area contributed by atoms with Gasteiger partial charge in [0.2, 0.25) is 11.8 Å². The number of benzene rings is 2. The molecule has 3 amide bonds. The van der Waals surface area contributed by atoms with Crippen LogP contribution in [0.3, 0.4) is 0 Å². The first-order valence-corrected chi connectivity index (χ1v) is 14.8. The number of fused-ring (bicyclic) bond motifs is 2. The third-order valence-electron chi connectivity index (χ3n) is 7.30. The van der Waals surface area contributed by atoms with Crippen LogP contribution in [0, 0.1) is 17.6 Å². The van der Waals surface area contributed by atoms with E-state index in [1.54, 1.807) is 20.8 Å². The van der Waals surface area contributed by atoms with Crippen molar-refractivity contribution in [2.75, 3.05) is 6.26 Å². The van der Waals surface area contributed by atoms with E-state index in [1.807, 2.05) is 0 Å². The number of hydrogen-bond donors (Lipinski definition) is 2. The van der Waals surface area contributed by atoms with Gasteiger partial charge in [0.1, 0.15) is 17.7 Å². The van der Waals surface area contributed by atoms with Crippen LogP contribution in [-0.4, -0.2) is 61.2 Å². The molecular formula is C28H33F2N3O6S. The summed E-state index contributed by atoms with van der Waals surface area (Å²) in [5, 5.41) is 2.54. The standard InChI is InChI=1S/C28H33F2N3O6S/c1-28(2,3)39-27(36)33-18-9-5-17(13-18)24(33)26(35)32-21(25(31)34)14-16-8-12-20(23(30)22(16)29)15-6-10-19(11-7-15)40(4,37)38/h6-8,10-12,17-18,21,24H,5,9,13-14H2,1-4H3,(H2,31,34)(H,32,35)/t17-,18+,21-,24-/m0/s1. The predicted octanol–water partition coefficient (Wildman–Crippen LogP) is 3.34. The Bertz CT molecular complexity index is 1440. The molecule has 1 aliphatic carbocycles. The van der Waals surface area contributed by atoms with Gasteiger partial charge in [-0.25, -0.2) is 22.0 Å². The number of halogens is 2. The molecule has 1 saturated heterocycles. The number of rotatable bonds is 7. The Balaban J connectivity index is 1.52. The average molecular weight is 578 g/mol. The Hall–Kier alpha value is -3.54. The highest BCUT2D eigenvalue weighted by Crippen LogP contribution is 2.43. The van der Waals surface area contributed by atoms with Gasteiger partial charge in [-0.1, -0.05) is 24.3 Å². The van der Waals surface area contributed by atoms with E-state index in [2.05, 4.69) is 5.32 Å². The second-order valence-corrected chi connectivity index (χ2v) is 13.4. The molecule has 1 saturated carbocycles. The van der Waals surface area contributed by atoms with Crippen molar-refractivity contribution in [1.29, 1.82) is 0 Å². The van der Waals surface area contributed by atoms with Crippen LogP contribution in [0.25, 0.3) is 11.1 Å². The molecular weight excluding hydrogens is 544 g/mol. The van der Waals surface area contributed by atoms with Gasteiger partial charge in [-0.05, 0) is 69.2 Å². The highest BCUT2D eigenvalue weighted by Gasteiger charge is 2.52. The molecule has 0 aromatic heterocycles. The summed E-state index contributed by atoms with van der Waals surface area (Å²) < 4.78 is 59.0. The molecule has 2 fully saturated rings. The van der Waals surface area contributed by atoms with Crippen LogP contribution in [0.1, 0.15) is 45.6 Å². The molecule has 3 N–H and O–H groups in total. The summed E-state index contributed by atoms with van der Waals surface area (Å²) in [6.45, 7) is 5.17. The Labute approximate surface area is 232 Å². The Morgan fingerprint density at radius 1 is 1.07 bits per heavy atom. The number of sulfone groups is 1. The molecule has 0 radical (unpaired) electrons. The zero-order chi connectivity index (χ0) is 29.6. The van der Waals surface area contributed by atoms with Gasteiger partial charge in [-0.3, -0.25) is 14.5 Å². The molecule has 216 valence electrons. The van der Waals surface area contributed by atoms with Crippen molar-refractivity contribution in [3.63, 3.8) is 0 Å². The van der Waals surface area contributed by atoms with Crippen molar-refractivity contribution in [2.24, 2.45) is 11.7 Å². The van der Waals surface area contributed by atoms with E-state index in [4.69, 9.17) is 10.5 Å². The summed E-state index contributed by atoms with van der Waals surface area (Å²) in [4.78, 5) is 39.9. The molecule has 9 nitrogen and oxygen atoms in total. The summed E-state index contributed by atoms with van der Waals surface area (Å²) in [5.41, 5.74) is 4.73. The first-order valence-electron chi connectivity index (χ1n) is 12.9. The number of nitrogens with zero attached hydrogens (tertiary/aromatic N) is 1. The Kier molecular flexibility index (Phi) is 7.94. The molecule has 2 aromatic carbocycles. The fraction of sp³-hybridized carbons (Fsp3) is 0.464. The van der Waals surface area contributed by atoms with E-state index in [1.165, 1.54) is 41.3 Å². The molecule has 4 atom stereocenters. The van der Waals surface area contributed by atoms with E-state index in [9.17, 15) is 22.8 Å². The van der Waals surface area contributed by atoms with Crippen molar-refractivity contribution in [3.05, 3.63) is 53.6 Å². The zero-order valence-corrected chi connectivity index (χ0v) is 23.6. The lowest BCUT2D eigenvalue weighted by Crippen LogP contribution is -2.57. The average Bonchev–Trinajstić information content (AvgIpc) is 3.47. The van der Waals surface area contributed by atoms with Crippen molar-refractivity contribution in [2.45, 2.75) is 75.1 Å². The number of primary amides is 1. The maximum absolute atomic E-state index is 15.1. The largest absolute Gasteiger partial charge is 0.444 e. The van der Waals surface area contributed by atoms with Gasteiger partial charge in [0.15, 0.2) is 21.5 Å². The van der Waals surface area contributed by atoms with Crippen LogP contribution < -0.4 is 11.1 Å². The molecule has 2 aromatic rings. The lowest BCUT2D eigenvalue weighted by molar-refractivity contribution is -0.132. The monoisotopic (exact) mass is 577 g/mol. The summed E-state index contributed by atoms with van der Waals surface area (Å²) in [5.74, 6) is -4.08. The number of carbonyl (C=O) groups excluding carboxylic acids is 3. The number of piperidine rings is 1. The summed E-state index contributed by atoms with van der Waals surface area (Å²) in [7, 11) is -3.46. The summed E-state index contributed by atoms with van der Waals surface area (Å²) in [6.07, 6.45) is 2.10. The van der Waals surface area contributed by atoms with E-state index in [-0.39, 0.29) is 33.5 Å². The van der Waals surface area contributed by atoms with E-state index >= 15 is 8.78 Å². The molecule has 12 heteroatoms. The fourth-order valence-electron chi connectivity index (χ4n) is 5.45. The van der Waals surface area contributed by atoms with Gasteiger partial charge in [0.25, 0.3) is 0 Å². The van der Waals surface area contributed by atoms with Gasteiger partial charge in [0.05, 0.1) is 4.90 Å². The molecule has 0 spiro atoms. The molecule has 40 heavy (non-hydrogen) atoms. The molecule has 4 rings (SSSR count). The van der Waals surface area contributed by atoms with Crippen LogP contribution >= 0.6 is 0 Å². The minimum absolute atomic E-state index is 0.0366.